The Labute approximate surface area is 109 Å². The Balaban J connectivity index is 1.84. The lowest BCUT2D eigenvalue weighted by Crippen LogP contribution is -2.31. The van der Waals surface area contributed by atoms with Crippen molar-refractivity contribution >= 4 is 11.8 Å². The molecule has 0 aromatic rings. The zero-order valence-electron chi connectivity index (χ0n) is 11.2. The van der Waals surface area contributed by atoms with Crippen LogP contribution in [0.2, 0.25) is 0 Å². The summed E-state index contributed by atoms with van der Waals surface area (Å²) in [6, 6.07) is 0.363. The standard InChI is InChI=1S/C14H24N2O2/c1-9-4-10(6-11(5-9)8-13(15)17)7-12-2-3-14(18)16-12/h9-12H,2-8H2,1H3,(H2,15,17)(H,16,18)/t9-,10+,11-,12+/m1/s1. The molecule has 2 rings (SSSR count). The number of hydrogen-bond acceptors (Lipinski definition) is 2. The van der Waals surface area contributed by atoms with Crippen LogP contribution in [0, 0.1) is 17.8 Å². The maximum Gasteiger partial charge on any atom is 0.220 e. The monoisotopic (exact) mass is 252 g/mol. The van der Waals surface area contributed by atoms with Gasteiger partial charge < -0.3 is 11.1 Å². The van der Waals surface area contributed by atoms with E-state index in [0.29, 0.717) is 36.6 Å². The summed E-state index contributed by atoms with van der Waals surface area (Å²) < 4.78 is 0. The molecular weight excluding hydrogens is 228 g/mol. The third-order valence-electron chi connectivity index (χ3n) is 4.33. The summed E-state index contributed by atoms with van der Waals surface area (Å²) in [4.78, 5) is 22.2. The maximum atomic E-state index is 11.2. The molecule has 0 aromatic heterocycles. The molecular formula is C14H24N2O2. The highest BCUT2D eigenvalue weighted by atomic mass is 16.2. The van der Waals surface area contributed by atoms with Crippen molar-refractivity contribution in [2.24, 2.45) is 23.5 Å². The van der Waals surface area contributed by atoms with Gasteiger partial charge in [0.15, 0.2) is 0 Å². The number of hydrogen-bond donors (Lipinski definition) is 2. The van der Waals surface area contributed by atoms with Crippen molar-refractivity contribution < 1.29 is 9.59 Å². The van der Waals surface area contributed by atoms with E-state index in [4.69, 9.17) is 5.73 Å². The van der Waals surface area contributed by atoms with Crippen molar-refractivity contribution in [2.75, 3.05) is 0 Å². The number of nitrogens with one attached hydrogen (secondary N) is 1. The van der Waals surface area contributed by atoms with E-state index in [1.165, 1.54) is 6.42 Å². The molecule has 0 bridgehead atoms. The highest BCUT2D eigenvalue weighted by molar-refractivity contribution is 5.78. The second-order valence-corrected chi connectivity index (χ2v) is 6.25. The van der Waals surface area contributed by atoms with Crippen LogP contribution in [0.25, 0.3) is 0 Å². The first-order chi connectivity index (χ1) is 8.52. The van der Waals surface area contributed by atoms with E-state index < -0.39 is 0 Å². The van der Waals surface area contributed by atoms with Crippen LogP contribution in [0.5, 0.6) is 0 Å². The first-order valence-corrected chi connectivity index (χ1v) is 7.10. The molecule has 4 heteroatoms. The molecule has 4 nitrogen and oxygen atoms in total. The summed E-state index contributed by atoms with van der Waals surface area (Å²) in [6.07, 6.45) is 6.70. The summed E-state index contributed by atoms with van der Waals surface area (Å²) in [6.45, 7) is 2.26. The molecule has 1 saturated heterocycles. The van der Waals surface area contributed by atoms with Crippen molar-refractivity contribution in [1.82, 2.24) is 5.32 Å². The SMILES string of the molecule is C[C@H]1C[C@@H](CC(N)=O)C[C@@H](C[C@@H]2CCC(=O)N2)C1. The molecule has 4 atom stereocenters. The van der Waals surface area contributed by atoms with Crippen molar-refractivity contribution in [1.29, 1.82) is 0 Å². The van der Waals surface area contributed by atoms with Gasteiger partial charge in [-0.2, -0.15) is 0 Å². The van der Waals surface area contributed by atoms with Gasteiger partial charge in [0.2, 0.25) is 11.8 Å². The summed E-state index contributed by atoms with van der Waals surface area (Å²) >= 11 is 0. The third kappa shape index (κ3) is 3.72. The van der Waals surface area contributed by atoms with Crippen LogP contribution in [0.4, 0.5) is 0 Å². The van der Waals surface area contributed by atoms with Crippen LogP contribution in [-0.4, -0.2) is 17.9 Å². The molecule has 1 aliphatic heterocycles. The third-order valence-corrected chi connectivity index (χ3v) is 4.33. The van der Waals surface area contributed by atoms with E-state index in [0.717, 1.165) is 25.7 Å². The van der Waals surface area contributed by atoms with Gasteiger partial charge in [-0.3, -0.25) is 9.59 Å². The number of nitrogens with two attached hydrogens (primary N) is 1. The lowest BCUT2D eigenvalue weighted by atomic mass is 9.72. The van der Waals surface area contributed by atoms with Crippen molar-refractivity contribution in [3.8, 4) is 0 Å². The van der Waals surface area contributed by atoms with Crippen LogP contribution in [0.1, 0.15) is 51.9 Å². The van der Waals surface area contributed by atoms with Gasteiger partial charge >= 0.3 is 0 Å². The van der Waals surface area contributed by atoms with Gasteiger partial charge in [-0.1, -0.05) is 6.92 Å². The molecule has 1 heterocycles. The zero-order valence-corrected chi connectivity index (χ0v) is 11.2. The van der Waals surface area contributed by atoms with Crippen LogP contribution >= 0.6 is 0 Å². The second-order valence-electron chi connectivity index (χ2n) is 6.25. The fourth-order valence-electron chi connectivity index (χ4n) is 3.80. The van der Waals surface area contributed by atoms with Crippen molar-refractivity contribution in [3.63, 3.8) is 0 Å². The van der Waals surface area contributed by atoms with E-state index in [9.17, 15) is 9.59 Å². The summed E-state index contributed by atoms with van der Waals surface area (Å²) in [5.74, 6) is 1.78. The minimum atomic E-state index is -0.179. The van der Waals surface area contributed by atoms with Crippen LogP contribution in [-0.2, 0) is 9.59 Å². The zero-order chi connectivity index (χ0) is 13.1. The molecule has 18 heavy (non-hydrogen) atoms. The smallest absolute Gasteiger partial charge is 0.220 e. The Kier molecular flexibility index (Phi) is 4.25. The molecule has 2 fully saturated rings. The number of carbonyl (C=O) groups excluding carboxylic acids is 2. The van der Waals surface area contributed by atoms with Crippen molar-refractivity contribution in [2.45, 2.75) is 57.9 Å². The van der Waals surface area contributed by atoms with Gasteiger partial charge in [0.05, 0.1) is 0 Å². The molecule has 3 N–H and O–H groups in total. The van der Waals surface area contributed by atoms with Gasteiger partial charge in [0.1, 0.15) is 0 Å². The summed E-state index contributed by atoms with van der Waals surface area (Å²) in [5.41, 5.74) is 5.30. The van der Waals surface area contributed by atoms with E-state index in [1.54, 1.807) is 0 Å². The molecule has 2 amide bonds. The average molecular weight is 252 g/mol. The van der Waals surface area contributed by atoms with Crippen LogP contribution in [0.15, 0.2) is 0 Å². The average Bonchev–Trinajstić information content (AvgIpc) is 2.61. The molecule has 1 saturated carbocycles. The molecule has 0 spiro atoms. The first kappa shape index (κ1) is 13.4. The van der Waals surface area contributed by atoms with Gasteiger partial charge in [0, 0.05) is 18.9 Å². The van der Waals surface area contributed by atoms with Gasteiger partial charge in [-0.05, 0) is 49.9 Å². The van der Waals surface area contributed by atoms with E-state index in [-0.39, 0.29) is 11.8 Å². The Bertz CT molecular complexity index is 330. The van der Waals surface area contributed by atoms with Gasteiger partial charge in [-0.15, -0.1) is 0 Å². The van der Waals surface area contributed by atoms with E-state index in [1.807, 2.05) is 0 Å². The lowest BCUT2D eigenvalue weighted by molar-refractivity contribution is -0.120. The minimum Gasteiger partial charge on any atom is -0.370 e. The minimum absolute atomic E-state index is 0.179. The van der Waals surface area contributed by atoms with Crippen molar-refractivity contribution in [3.05, 3.63) is 0 Å². The molecule has 102 valence electrons. The molecule has 2 aliphatic rings. The maximum absolute atomic E-state index is 11.2. The Morgan fingerprint density at radius 3 is 2.67 bits per heavy atom. The largest absolute Gasteiger partial charge is 0.370 e. The molecule has 0 unspecified atom stereocenters. The van der Waals surface area contributed by atoms with Crippen LogP contribution < -0.4 is 11.1 Å². The first-order valence-electron chi connectivity index (χ1n) is 7.10. The van der Waals surface area contributed by atoms with Gasteiger partial charge in [0.25, 0.3) is 0 Å². The fraction of sp³-hybridized carbons (Fsp3) is 0.857. The lowest BCUT2D eigenvalue weighted by Gasteiger charge is -2.34. The highest BCUT2D eigenvalue weighted by Crippen LogP contribution is 2.37. The predicted octanol–water partition coefficient (Wildman–Crippen LogP) is 1.58. The van der Waals surface area contributed by atoms with E-state index >= 15 is 0 Å². The van der Waals surface area contributed by atoms with Gasteiger partial charge in [-0.25, -0.2) is 0 Å². The topological polar surface area (TPSA) is 72.2 Å². The quantitative estimate of drug-likeness (QED) is 0.797. The number of primary amides is 1. The second kappa shape index (κ2) is 5.72. The summed E-state index contributed by atoms with van der Waals surface area (Å²) in [7, 11) is 0. The molecule has 0 aromatic carbocycles. The van der Waals surface area contributed by atoms with E-state index in [2.05, 4.69) is 12.2 Å². The Morgan fingerprint density at radius 2 is 2.06 bits per heavy atom. The number of rotatable bonds is 4. The fourth-order valence-corrected chi connectivity index (χ4v) is 3.80. The molecule has 0 radical (unpaired) electrons. The molecule has 1 aliphatic carbocycles. The number of carbonyl (C=O) groups is 2. The highest BCUT2D eigenvalue weighted by Gasteiger charge is 2.31. The summed E-state index contributed by atoms with van der Waals surface area (Å²) in [5, 5.41) is 3.04. The number of amides is 2. The normalized spacial score (nSPS) is 36.4. The predicted molar refractivity (Wildman–Crippen MR) is 69.6 cm³/mol. The Hall–Kier alpha value is -1.06. The Morgan fingerprint density at radius 1 is 1.33 bits per heavy atom. The van der Waals surface area contributed by atoms with Crippen LogP contribution in [0.3, 0.4) is 0 Å².